The number of nitrogens with zero attached hydrogens (tertiary/aromatic N) is 2. The molecule has 5 nitrogen and oxygen atoms in total. The van der Waals surface area contributed by atoms with Gasteiger partial charge in [-0.05, 0) is 19.8 Å². The fourth-order valence-corrected chi connectivity index (χ4v) is 2.40. The van der Waals surface area contributed by atoms with Crippen LogP contribution in [0.4, 0.5) is 5.13 Å². The summed E-state index contributed by atoms with van der Waals surface area (Å²) >= 11 is 1.33. The van der Waals surface area contributed by atoms with Crippen molar-refractivity contribution in [3.05, 3.63) is 11.1 Å². The van der Waals surface area contributed by atoms with Crippen molar-refractivity contribution >= 4 is 28.3 Å². The van der Waals surface area contributed by atoms with Crippen molar-refractivity contribution in [1.29, 1.82) is 0 Å². The van der Waals surface area contributed by atoms with E-state index in [2.05, 4.69) is 24.1 Å². The van der Waals surface area contributed by atoms with Crippen LogP contribution in [0.1, 0.15) is 45.2 Å². The predicted octanol–water partition coefficient (Wildman–Crippen LogP) is 2.82. The van der Waals surface area contributed by atoms with E-state index in [9.17, 15) is 9.59 Å². The van der Waals surface area contributed by atoms with Crippen molar-refractivity contribution in [2.24, 2.45) is 0 Å². The molecular weight excluding hydrogens is 274 g/mol. The van der Waals surface area contributed by atoms with Crippen LogP contribution in [0, 0.1) is 6.92 Å². The van der Waals surface area contributed by atoms with E-state index in [-0.39, 0.29) is 0 Å². The van der Waals surface area contributed by atoms with E-state index in [1.807, 2.05) is 12.3 Å². The average Bonchev–Trinajstić information content (AvgIpc) is 2.83. The quantitative estimate of drug-likeness (QED) is 0.787. The summed E-state index contributed by atoms with van der Waals surface area (Å²) in [6.45, 7) is 7.27. The summed E-state index contributed by atoms with van der Waals surface area (Å²) < 4.78 is 0. The van der Waals surface area contributed by atoms with Gasteiger partial charge in [0.15, 0.2) is 5.13 Å². The molecule has 0 spiro atoms. The molecule has 0 bridgehead atoms. The minimum Gasteiger partial charge on any atom is -0.334 e. The van der Waals surface area contributed by atoms with Gasteiger partial charge in [0, 0.05) is 18.5 Å². The summed E-state index contributed by atoms with van der Waals surface area (Å²) in [5.74, 6) is -1.05. The first-order valence-electron chi connectivity index (χ1n) is 7.10. The summed E-state index contributed by atoms with van der Waals surface area (Å²) in [5.41, 5.74) is 0.839. The lowest BCUT2D eigenvalue weighted by Gasteiger charge is -2.21. The lowest BCUT2D eigenvalue weighted by Crippen LogP contribution is -2.40. The van der Waals surface area contributed by atoms with Gasteiger partial charge in [-0.25, -0.2) is 4.98 Å². The van der Waals surface area contributed by atoms with Crippen molar-refractivity contribution in [2.75, 3.05) is 18.4 Å². The molecule has 0 unspecified atom stereocenters. The van der Waals surface area contributed by atoms with Gasteiger partial charge in [-0.3, -0.25) is 14.9 Å². The largest absolute Gasteiger partial charge is 0.334 e. The highest BCUT2D eigenvalue weighted by Gasteiger charge is 2.21. The van der Waals surface area contributed by atoms with Crippen molar-refractivity contribution in [3.8, 4) is 0 Å². The molecule has 1 N–H and O–H groups in total. The topological polar surface area (TPSA) is 62.3 Å². The van der Waals surface area contributed by atoms with Gasteiger partial charge in [0.05, 0.1) is 5.69 Å². The van der Waals surface area contributed by atoms with Crippen molar-refractivity contribution in [3.63, 3.8) is 0 Å². The highest BCUT2D eigenvalue weighted by atomic mass is 32.1. The second-order valence-corrected chi connectivity index (χ2v) is 5.61. The number of amides is 2. The van der Waals surface area contributed by atoms with Gasteiger partial charge in [-0.2, -0.15) is 0 Å². The third-order valence-corrected chi connectivity index (χ3v) is 3.76. The van der Waals surface area contributed by atoms with Crippen LogP contribution < -0.4 is 5.32 Å². The van der Waals surface area contributed by atoms with Crippen LogP contribution in [-0.2, 0) is 9.59 Å². The first-order chi connectivity index (χ1) is 9.58. The molecule has 2 amide bonds. The Balaban J connectivity index is 2.59. The Morgan fingerprint density at radius 1 is 1.25 bits per heavy atom. The fourth-order valence-electron chi connectivity index (χ4n) is 1.72. The third-order valence-electron chi connectivity index (χ3n) is 2.88. The Morgan fingerprint density at radius 2 is 1.85 bits per heavy atom. The third kappa shape index (κ3) is 5.28. The average molecular weight is 297 g/mol. The van der Waals surface area contributed by atoms with Gasteiger partial charge in [-0.1, -0.05) is 26.7 Å². The van der Waals surface area contributed by atoms with Gasteiger partial charge in [0.25, 0.3) is 0 Å². The summed E-state index contributed by atoms with van der Waals surface area (Å²) in [5, 5.41) is 4.89. The number of carbonyl (C=O) groups excluding carboxylic acids is 2. The Labute approximate surface area is 124 Å². The number of anilines is 1. The molecule has 0 atom stereocenters. The van der Waals surface area contributed by atoms with Gasteiger partial charge in [0.2, 0.25) is 0 Å². The highest BCUT2D eigenvalue weighted by Crippen LogP contribution is 2.14. The predicted molar refractivity (Wildman–Crippen MR) is 81.9 cm³/mol. The summed E-state index contributed by atoms with van der Waals surface area (Å²) in [7, 11) is 0. The molecule has 0 aliphatic carbocycles. The lowest BCUT2D eigenvalue weighted by atomic mass is 10.2. The van der Waals surface area contributed by atoms with Gasteiger partial charge in [0.1, 0.15) is 0 Å². The molecule has 1 rings (SSSR count). The van der Waals surface area contributed by atoms with Gasteiger partial charge < -0.3 is 4.90 Å². The molecule has 0 radical (unpaired) electrons. The maximum Gasteiger partial charge on any atom is 0.315 e. The van der Waals surface area contributed by atoms with E-state index >= 15 is 0 Å². The SMILES string of the molecule is CCCCN(CCCC)C(=O)C(=O)Nc1nc(C)cs1. The first kappa shape index (κ1) is 16.6. The van der Waals surface area contributed by atoms with E-state index in [4.69, 9.17) is 0 Å². The fraction of sp³-hybridized carbons (Fsp3) is 0.643. The van der Waals surface area contributed by atoms with Crippen LogP contribution in [-0.4, -0.2) is 34.8 Å². The zero-order valence-corrected chi connectivity index (χ0v) is 13.3. The van der Waals surface area contributed by atoms with Crippen LogP contribution in [0.3, 0.4) is 0 Å². The number of rotatable bonds is 7. The van der Waals surface area contributed by atoms with E-state index in [1.54, 1.807) is 4.90 Å². The molecule has 0 saturated carbocycles. The molecule has 0 aliphatic rings. The second-order valence-electron chi connectivity index (χ2n) is 4.75. The van der Waals surface area contributed by atoms with E-state index in [0.717, 1.165) is 31.4 Å². The number of aromatic nitrogens is 1. The van der Waals surface area contributed by atoms with Crippen LogP contribution in [0.25, 0.3) is 0 Å². The molecule has 112 valence electrons. The minimum atomic E-state index is -0.591. The van der Waals surface area contributed by atoms with Gasteiger partial charge in [-0.15, -0.1) is 11.3 Å². The highest BCUT2D eigenvalue weighted by molar-refractivity contribution is 7.14. The molecular formula is C14H23N3O2S. The second kappa shape index (κ2) is 8.68. The molecule has 20 heavy (non-hydrogen) atoms. The van der Waals surface area contributed by atoms with Crippen molar-refractivity contribution in [1.82, 2.24) is 9.88 Å². The molecule has 1 heterocycles. The van der Waals surface area contributed by atoms with E-state index in [0.29, 0.717) is 18.2 Å². The van der Waals surface area contributed by atoms with Gasteiger partial charge >= 0.3 is 11.8 Å². The maximum absolute atomic E-state index is 12.2. The smallest absolute Gasteiger partial charge is 0.315 e. The minimum absolute atomic E-state index is 0.459. The van der Waals surface area contributed by atoms with E-state index in [1.165, 1.54) is 11.3 Å². The summed E-state index contributed by atoms with van der Waals surface area (Å²) in [6.07, 6.45) is 3.84. The number of aryl methyl sites for hydroxylation is 1. The Kier molecular flexibility index (Phi) is 7.22. The molecule has 6 heteroatoms. The number of thiazole rings is 1. The zero-order valence-electron chi connectivity index (χ0n) is 12.4. The zero-order chi connectivity index (χ0) is 15.0. The standard InChI is InChI=1S/C14H23N3O2S/c1-4-6-8-17(9-7-5-2)13(19)12(18)16-14-15-11(3)10-20-14/h10H,4-9H2,1-3H3,(H,15,16,18). The monoisotopic (exact) mass is 297 g/mol. The lowest BCUT2D eigenvalue weighted by molar-refractivity contribution is -0.143. The number of hydrogen-bond acceptors (Lipinski definition) is 4. The normalized spacial score (nSPS) is 10.3. The Morgan fingerprint density at radius 3 is 2.30 bits per heavy atom. The molecule has 0 aromatic carbocycles. The molecule has 0 saturated heterocycles. The van der Waals surface area contributed by atoms with Crippen LogP contribution in [0.15, 0.2) is 5.38 Å². The number of unbranched alkanes of at least 4 members (excludes halogenated alkanes) is 2. The van der Waals surface area contributed by atoms with Crippen molar-refractivity contribution in [2.45, 2.75) is 46.5 Å². The number of carbonyl (C=O) groups is 2. The van der Waals surface area contributed by atoms with Crippen LogP contribution in [0.5, 0.6) is 0 Å². The Hall–Kier alpha value is -1.43. The van der Waals surface area contributed by atoms with Crippen LogP contribution in [0.2, 0.25) is 0 Å². The maximum atomic E-state index is 12.2. The molecule has 1 aromatic rings. The Bertz CT molecular complexity index is 437. The van der Waals surface area contributed by atoms with Crippen molar-refractivity contribution < 1.29 is 9.59 Å². The first-order valence-corrected chi connectivity index (χ1v) is 7.98. The summed E-state index contributed by atoms with van der Waals surface area (Å²) in [4.78, 5) is 29.9. The number of hydrogen-bond donors (Lipinski definition) is 1. The molecule has 1 aromatic heterocycles. The van der Waals surface area contributed by atoms with E-state index < -0.39 is 11.8 Å². The number of nitrogens with one attached hydrogen (secondary N) is 1. The molecule has 0 aliphatic heterocycles. The summed E-state index contributed by atoms with van der Waals surface area (Å²) in [6, 6.07) is 0. The molecule has 0 fully saturated rings. The van der Waals surface area contributed by atoms with Crippen LogP contribution >= 0.6 is 11.3 Å².